The largest absolute Gasteiger partial charge is 0.434 e. The molecule has 2 aromatic rings. The highest BCUT2D eigenvalue weighted by Gasteiger charge is 2.34. The molecule has 1 fully saturated rings. The van der Waals surface area contributed by atoms with Crippen LogP contribution >= 0.6 is 0 Å². The molecule has 0 saturated heterocycles. The number of hydrogen-bond donors (Lipinski definition) is 3. The summed E-state index contributed by atoms with van der Waals surface area (Å²) < 4.78 is 44.7. The zero-order chi connectivity index (χ0) is 18.7. The van der Waals surface area contributed by atoms with Crippen LogP contribution < -0.4 is 16.4 Å². The van der Waals surface area contributed by atoms with Crippen LogP contribution in [0.3, 0.4) is 0 Å². The molecule has 0 radical (unpaired) electrons. The smallest absolute Gasteiger partial charge is 0.388 e. The van der Waals surface area contributed by atoms with Gasteiger partial charge >= 0.3 is 11.9 Å². The molecule has 1 heterocycles. The quantitative estimate of drug-likeness (QED) is 0.753. The van der Waals surface area contributed by atoms with E-state index in [2.05, 4.69) is 20.8 Å². The molecule has 0 atom stereocenters. The molecule has 0 unspecified atom stereocenters. The Morgan fingerprint density at radius 3 is 2.58 bits per heavy atom. The highest BCUT2D eigenvalue weighted by Crippen LogP contribution is 2.37. The monoisotopic (exact) mass is 370 g/mol. The van der Waals surface area contributed by atoms with Gasteiger partial charge in [0.05, 0.1) is 5.56 Å². The van der Waals surface area contributed by atoms with E-state index in [9.17, 15) is 18.0 Å². The number of nitrogens with one attached hydrogen (secondary N) is 3. The maximum atomic E-state index is 13.3. The first-order valence-electron chi connectivity index (χ1n) is 8.55. The van der Waals surface area contributed by atoms with Crippen molar-refractivity contribution in [1.82, 2.24) is 15.5 Å². The van der Waals surface area contributed by atoms with E-state index in [0.29, 0.717) is 24.1 Å². The van der Waals surface area contributed by atoms with Gasteiger partial charge in [-0.15, -0.1) is 5.10 Å². The van der Waals surface area contributed by atoms with Crippen molar-refractivity contribution in [1.29, 1.82) is 0 Å². The fourth-order valence-corrected chi connectivity index (χ4v) is 3.33. The van der Waals surface area contributed by atoms with Gasteiger partial charge in [-0.2, -0.15) is 13.2 Å². The summed E-state index contributed by atoms with van der Waals surface area (Å²) in [5.41, 5.74) is -0.475. The van der Waals surface area contributed by atoms with Crippen molar-refractivity contribution in [2.45, 2.75) is 37.9 Å². The van der Waals surface area contributed by atoms with Gasteiger partial charge in [0.15, 0.2) is 0 Å². The molecular weight excluding hydrogens is 349 g/mol. The maximum absolute atomic E-state index is 13.3. The Bertz CT molecular complexity index is 792. The average Bonchev–Trinajstić information content (AvgIpc) is 3.06. The second-order valence-corrected chi connectivity index (χ2v) is 6.56. The molecule has 3 rings (SSSR count). The number of aromatic nitrogens is 2. The summed E-state index contributed by atoms with van der Waals surface area (Å²) in [6, 6.07) is 4.03. The van der Waals surface area contributed by atoms with Crippen LogP contribution in [-0.4, -0.2) is 29.8 Å². The number of hydrogen-bond acceptors (Lipinski definition) is 5. The summed E-state index contributed by atoms with van der Waals surface area (Å²) >= 11 is 0. The summed E-state index contributed by atoms with van der Waals surface area (Å²) in [6.45, 7) is 0.466. The Morgan fingerprint density at radius 2 is 2.00 bits per heavy atom. The standard InChI is InChI=1S/C17H21F3N4O2/c1-21-12-5-2-10(3-6-12)9-22-14-8-11(15-23-24-16(25)26-15)4-7-13(14)17(18,19)20/h4,7-8,10,12,21-22H,2-3,5-6,9H2,1H3,(H,24,25). The van der Waals surface area contributed by atoms with E-state index in [4.69, 9.17) is 4.42 Å². The van der Waals surface area contributed by atoms with E-state index in [1.165, 1.54) is 12.1 Å². The Kier molecular flexibility index (Phi) is 5.36. The molecule has 0 spiro atoms. The summed E-state index contributed by atoms with van der Waals surface area (Å²) in [7, 11) is 1.93. The third-order valence-electron chi connectivity index (χ3n) is 4.85. The Balaban J connectivity index is 1.78. The van der Waals surface area contributed by atoms with E-state index in [1.54, 1.807) is 0 Å². The lowest BCUT2D eigenvalue weighted by Crippen LogP contribution is -2.32. The lowest BCUT2D eigenvalue weighted by Gasteiger charge is -2.29. The second-order valence-electron chi connectivity index (χ2n) is 6.56. The first kappa shape index (κ1) is 18.5. The number of anilines is 1. The predicted octanol–water partition coefficient (Wildman–Crippen LogP) is 3.24. The Hall–Kier alpha value is -2.29. The van der Waals surface area contributed by atoms with Gasteiger partial charge in [-0.3, -0.25) is 0 Å². The van der Waals surface area contributed by atoms with Crippen molar-refractivity contribution in [3.63, 3.8) is 0 Å². The van der Waals surface area contributed by atoms with E-state index < -0.39 is 17.5 Å². The maximum Gasteiger partial charge on any atom is 0.434 e. The first-order valence-corrected chi connectivity index (χ1v) is 8.55. The molecule has 1 aliphatic rings. The first-order chi connectivity index (χ1) is 12.4. The minimum Gasteiger partial charge on any atom is -0.388 e. The van der Waals surface area contributed by atoms with Crippen LogP contribution in [0.4, 0.5) is 18.9 Å². The van der Waals surface area contributed by atoms with Crippen molar-refractivity contribution in [2.24, 2.45) is 5.92 Å². The molecule has 0 aliphatic heterocycles. The van der Waals surface area contributed by atoms with Crippen LogP contribution in [0.25, 0.3) is 11.5 Å². The van der Waals surface area contributed by atoms with Gasteiger partial charge in [0, 0.05) is 23.8 Å². The van der Waals surface area contributed by atoms with Crippen molar-refractivity contribution in [2.75, 3.05) is 18.9 Å². The van der Waals surface area contributed by atoms with E-state index in [-0.39, 0.29) is 11.6 Å². The molecule has 6 nitrogen and oxygen atoms in total. The van der Waals surface area contributed by atoms with Crippen molar-refractivity contribution in [3.8, 4) is 11.5 Å². The molecule has 1 aliphatic carbocycles. The predicted molar refractivity (Wildman–Crippen MR) is 90.9 cm³/mol. The Labute approximate surface area is 148 Å². The molecule has 1 saturated carbocycles. The van der Waals surface area contributed by atoms with E-state index >= 15 is 0 Å². The fourth-order valence-electron chi connectivity index (χ4n) is 3.33. The molecule has 3 N–H and O–H groups in total. The zero-order valence-corrected chi connectivity index (χ0v) is 14.3. The van der Waals surface area contributed by atoms with Gasteiger partial charge in [-0.25, -0.2) is 9.89 Å². The van der Waals surface area contributed by atoms with Gasteiger partial charge in [0.1, 0.15) is 0 Å². The molecule has 142 valence electrons. The number of alkyl halides is 3. The summed E-state index contributed by atoms with van der Waals surface area (Å²) in [4.78, 5) is 11.1. The topological polar surface area (TPSA) is 83.0 Å². The van der Waals surface area contributed by atoms with Crippen LogP contribution in [0.2, 0.25) is 0 Å². The van der Waals surface area contributed by atoms with Crippen LogP contribution in [0.1, 0.15) is 31.2 Å². The van der Waals surface area contributed by atoms with Gasteiger partial charge in [0.2, 0.25) is 5.89 Å². The SMILES string of the molecule is CNC1CCC(CNc2cc(-c3n[nH]c(=O)o3)ccc2C(F)(F)F)CC1. The van der Waals surface area contributed by atoms with Gasteiger partial charge in [-0.1, -0.05) is 0 Å². The third-order valence-corrected chi connectivity index (χ3v) is 4.85. The Morgan fingerprint density at radius 1 is 1.27 bits per heavy atom. The highest BCUT2D eigenvalue weighted by atomic mass is 19.4. The van der Waals surface area contributed by atoms with Gasteiger partial charge < -0.3 is 15.1 Å². The van der Waals surface area contributed by atoms with Gasteiger partial charge in [0.25, 0.3) is 0 Å². The molecule has 9 heteroatoms. The molecule has 1 aromatic heterocycles. The van der Waals surface area contributed by atoms with E-state index in [0.717, 1.165) is 31.7 Å². The molecular formula is C17H21F3N4O2. The van der Waals surface area contributed by atoms with Crippen LogP contribution in [0.5, 0.6) is 0 Å². The van der Waals surface area contributed by atoms with Crippen molar-refractivity contribution in [3.05, 3.63) is 34.3 Å². The fraction of sp³-hybridized carbons (Fsp3) is 0.529. The van der Waals surface area contributed by atoms with Crippen LogP contribution in [0.15, 0.2) is 27.4 Å². The molecule has 26 heavy (non-hydrogen) atoms. The summed E-state index contributed by atoms with van der Waals surface area (Å²) in [5.74, 6) is -0.468. The minimum atomic E-state index is -4.48. The van der Waals surface area contributed by atoms with Crippen molar-refractivity contribution >= 4 is 5.69 Å². The summed E-state index contributed by atoms with van der Waals surface area (Å²) in [6.07, 6.45) is -0.500. The van der Waals surface area contributed by atoms with E-state index in [1.807, 2.05) is 7.05 Å². The normalized spacial score (nSPS) is 20.9. The number of nitrogens with zero attached hydrogens (tertiary/aromatic N) is 1. The van der Waals surface area contributed by atoms with Gasteiger partial charge in [-0.05, 0) is 56.8 Å². The zero-order valence-electron chi connectivity index (χ0n) is 14.3. The number of rotatable bonds is 5. The molecule has 0 bridgehead atoms. The molecule has 0 amide bonds. The lowest BCUT2D eigenvalue weighted by molar-refractivity contribution is -0.136. The number of benzene rings is 1. The van der Waals surface area contributed by atoms with Crippen LogP contribution in [0, 0.1) is 5.92 Å². The average molecular weight is 370 g/mol. The lowest BCUT2D eigenvalue weighted by atomic mass is 9.86. The highest BCUT2D eigenvalue weighted by molar-refractivity contribution is 5.65. The van der Waals surface area contributed by atoms with Crippen molar-refractivity contribution < 1.29 is 17.6 Å². The minimum absolute atomic E-state index is 0.0311. The number of halogens is 3. The second kappa shape index (κ2) is 7.53. The summed E-state index contributed by atoms with van der Waals surface area (Å²) in [5, 5.41) is 12.0. The van der Waals surface area contributed by atoms with Crippen LogP contribution in [-0.2, 0) is 6.18 Å². The third kappa shape index (κ3) is 4.27. The molecule has 1 aromatic carbocycles. The number of H-pyrrole nitrogens is 1. The number of aromatic amines is 1.